The minimum Gasteiger partial charge on any atom is -0.480 e. The van der Waals surface area contributed by atoms with Crippen LogP contribution in [0.25, 0.3) is 0 Å². The number of aliphatic carboxylic acids is 1. The molecule has 0 rings (SSSR count). The summed E-state index contributed by atoms with van der Waals surface area (Å²) in [5.41, 5.74) is 0. The number of unbranched alkanes of at least 4 members (excludes halogenated alkanes) is 5. The van der Waals surface area contributed by atoms with Crippen LogP contribution in [0.4, 0.5) is 0 Å². The second kappa shape index (κ2) is 10.8. The van der Waals surface area contributed by atoms with Crippen molar-refractivity contribution in [3.8, 4) is 0 Å². The van der Waals surface area contributed by atoms with Crippen molar-refractivity contribution >= 4 is 11.9 Å². The van der Waals surface area contributed by atoms with Crippen molar-refractivity contribution < 1.29 is 14.7 Å². The second-order valence-corrected chi connectivity index (χ2v) is 5.61. The van der Waals surface area contributed by atoms with E-state index < -0.39 is 12.0 Å². The molecule has 0 aliphatic heterocycles. The fraction of sp³-hybridized carbons (Fsp3) is 0.867. The number of hydrogen-bond acceptors (Lipinski definition) is 2. The first-order chi connectivity index (χ1) is 8.97. The lowest BCUT2D eigenvalue weighted by atomic mass is 10.0. The number of carboxylic acid groups (broad SMARTS) is 1. The lowest BCUT2D eigenvalue weighted by molar-refractivity contribution is -0.142. The Bertz CT molecular complexity index is 264. The topological polar surface area (TPSA) is 66.4 Å². The zero-order valence-corrected chi connectivity index (χ0v) is 12.6. The summed E-state index contributed by atoms with van der Waals surface area (Å²) in [4.78, 5) is 22.7. The van der Waals surface area contributed by atoms with Crippen LogP contribution in [0.15, 0.2) is 0 Å². The maximum atomic E-state index is 11.7. The van der Waals surface area contributed by atoms with Crippen LogP contribution >= 0.6 is 0 Å². The van der Waals surface area contributed by atoms with Crippen LogP contribution in [0.3, 0.4) is 0 Å². The fourth-order valence-electron chi connectivity index (χ4n) is 2.03. The van der Waals surface area contributed by atoms with Crippen molar-refractivity contribution in [2.45, 2.75) is 78.2 Å². The molecule has 0 saturated carbocycles. The summed E-state index contributed by atoms with van der Waals surface area (Å²) in [7, 11) is 0. The number of amides is 1. The third-order valence-corrected chi connectivity index (χ3v) is 3.10. The van der Waals surface area contributed by atoms with Crippen LogP contribution < -0.4 is 5.32 Å². The molecule has 2 N–H and O–H groups in total. The van der Waals surface area contributed by atoms with Crippen LogP contribution in [-0.4, -0.2) is 23.0 Å². The van der Waals surface area contributed by atoms with Gasteiger partial charge in [0.1, 0.15) is 6.04 Å². The summed E-state index contributed by atoms with van der Waals surface area (Å²) < 4.78 is 0. The molecule has 0 fully saturated rings. The van der Waals surface area contributed by atoms with E-state index in [-0.39, 0.29) is 11.8 Å². The molecule has 4 nitrogen and oxygen atoms in total. The lowest BCUT2D eigenvalue weighted by Gasteiger charge is -2.16. The number of rotatable bonds is 11. The molecule has 0 aromatic carbocycles. The minimum atomic E-state index is -0.940. The van der Waals surface area contributed by atoms with Crippen molar-refractivity contribution in [2.75, 3.05) is 0 Å². The van der Waals surface area contributed by atoms with Gasteiger partial charge < -0.3 is 10.4 Å². The molecule has 0 radical (unpaired) electrons. The van der Waals surface area contributed by atoms with Gasteiger partial charge in [-0.05, 0) is 18.8 Å². The molecule has 0 aliphatic carbocycles. The molecule has 0 heterocycles. The van der Waals surface area contributed by atoms with E-state index in [1.54, 1.807) is 0 Å². The number of carbonyl (C=O) groups is 2. The maximum absolute atomic E-state index is 11.7. The van der Waals surface area contributed by atoms with Gasteiger partial charge in [0.25, 0.3) is 0 Å². The molecule has 0 saturated heterocycles. The molecule has 0 spiro atoms. The smallest absolute Gasteiger partial charge is 0.326 e. The molecule has 0 aromatic rings. The first-order valence-electron chi connectivity index (χ1n) is 7.49. The molecule has 4 heteroatoms. The molecule has 1 amide bonds. The summed E-state index contributed by atoms with van der Waals surface area (Å²) in [6.07, 6.45) is 7.68. The Hall–Kier alpha value is -1.06. The summed E-state index contributed by atoms with van der Waals surface area (Å²) in [5, 5.41) is 11.6. The summed E-state index contributed by atoms with van der Waals surface area (Å²) >= 11 is 0. The third-order valence-electron chi connectivity index (χ3n) is 3.10. The van der Waals surface area contributed by atoms with Gasteiger partial charge in [-0.1, -0.05) is 52.9 Å². The van der Waals surface area contributed by atoms with Gasteiger partial charge in [0.15, 0.2) is 0 Å². The molecule has 1 atom stereocenters. The van der Waals surface area contributed by atoms with Gasteiger partial charge in [0.2, 0.25) is 5.91 Å². The van der Waals surface area contributed by atoms with Crippen LogP contribution in [0.1, 0.15) is 72.1 Å². The molecular formula is C15H29NO3. The van der Waals surface area contributed by atoms with Gasteiger partial charge in [-0.3, -0.25) is 4.79 Å². The molecule has 0 aliphatic rings. The summed E-state index contributed by atoms with van der Waals surface area (Å²) in [6, 6.07) is -0.743. The fourth-order valence-corrected chi connectivity index (χ4v) is 2.03. The molecule has 0 bridgehead atoms. The van der Waals surface area contributed by atoms with E-state index >= 15 is 0 Å². The van der Waals surface area contributed by atoms with Gasteiger partial charge in [-0.25, -0.2) is 4.79 Å². The lowest BCUT2D eigenvalue weighted by Crippen LogP contribution is -2.41. The van der Waals surface area contributed by atoms with Crippen molar-refractivity contribution in [1.29, 1.82) is 0 Å². The highest BCUT2D eigenvalue weighted by molar-refractivity contribution is 5.83. The Balaban J connectivity index is 3.78. The highest BCUT2D eigenvalue weighted by Crippen LogP contribution is 2.08. The normalized spacial score (nSPS) is 12.4. The Kier molecular flexibility index (Phi) is 10.2. The Morgan fingerprint density at radius 1 is 1.05 bits per heavy atom. The van der Waals surface area contributed by atoms with E-state index in [0.29, 0.717) is 12.8 Å². The van der Waals surface area contributed by atoms with Crippen molar-refractivity contribution in [2.24, 2.45) is 5.92 Å². The standard InChI is InChI=1S/C15H29NO3/c1-4-5-6-7-8-9-10-14(17)16-13(15(18)19)11-12(2)3/h12-13H,4-11H2,1-3H3,(H,16,17)(H,18,19)/t13-/m0/s1. The first-order valence-corrected chi connectivity index (χ1v) is 7.49. The minimum absolute atomic E-state index is 0.136. The van der Waals surface area contributed by atoms with Gasteiger partial charge in [0, 0.05) is 6.42 Å². The van der Waals surface area contributed by atoms with E-state index in [0.717, 1.165) is 19.3 Å². The quantitative estimate of drug-likeness (QED) is 0.566. The number of nitrogens with one attached hydrogen (secondary N) is 1. The van der Waals surface area contributed by atoms with Crippen LogP contribution in [0.2, 0.25) is 0 Å². The summed E-state index contributed by atoms with van der Waals surface area (Å²) in [6.45, 7) is 6.08. The molecular weight excluding hydrogens is 242 g/mol. The van der Waals surface area contributed by atoms with Crippen LogP contribution in [0, 0.1) is 5.92 Å². The first kappa shape index (κ1) is 17.9. The number of hydrogen-bond donors (Lipinski definition) is 2. The molecule has 0 aromatic heterocycles. The van der Waals surface area contributed by atoms with Gasteiger partial charge in [-0.15, -0.1) is 0 Å². The van der Waals surface area contributed by atoms with Crippen LogP contribution in [-0.2, 0) is 9.59 Å². The Labute approximate surface area is 117 Å². The average Bonchev–Trinajstić information content (AvgIpc) is 2.32. The highest BCUT2D eigenvalue weighted by Gasteiger charge is 2.20. The van der Waals surface area contributed by atoms with E-state index in [1.807, 2.05) is 13.8 Å². The molecule has 19 heavy (non-hydrogen) atoms. The predicted molar refractivity (Wildman–Crippen MR) is 77.0 cm³/mol. The van der Waals surface area contributed by atoms with Crippen LogP contribution in [0.5, 0.6) is 0 Å². The van der Waals surface area contributed by atoms with E-state index in [4.69, 9.17) is 5.11 Å². The monoisotopic (exact) mass is 271 g/mol. The second-order valence-electron chi connectivity index (χ2n) is 5.61. The van der Waals surface area contributed by atoms with Gasteiger partial charge >= 0.3 is 5.97 Å². The third kappa shape index (κ3) is 10.5. The van der Waals surface area contributed by atoms with Crippen molar-refractivity contribution in [1.82, 2.24) is 5.32 Å². The number of carboxylic acids is 1. The maximum Gasteiger partial charge on any atom is 0.326 e. The SMILES string of the molecule is CCCCCCCCC(=O)N[C@@H](CC(C)C)C(=O)O. The van der Waals surface area contributed by atoms with Crippen molar-refractivity contribution in [3.05, 3.63) is 0 Å². The average molecular weight is 271 g/mol. The van der Waals surface area contributed by atoms with Gasteiger partial charge in [0.05, 0.1) is 0 Å². The zero-order valence-electron chi connectivity index (χ0n) is 12.6. The number of carbonyl (C=O) groups excluding carboxylic acids is 1. The zero-order chi connectivity index (χ0) is 14.7. The summed E-state index contributed by atoms with van der Waals surface area (Å²) in [5.74, 6) is -0.816. The Morgan fingerprint density at radius 3 is 2.16 bits per heavy atom. The van der Waals surface area contributed by atoms with E-state index in [9.17, 15) is 9.59 Å². The largest absolute Gasteiger partial charge is 0.480 e. The van der Waals surface area contributed by atoms with E-state index in [2.05, 4.69) is 12.2 Å². The predicted octanol–water partition coefficient (Wildman–Crippen LogP) is 3.35. The molecule has 112 valence electrons. The van der Waals surface area contributed by atoms with Crippen molar-refractivity contribution in [3.63, 3.8) is 0 Å². The highest BCUT2D eigenvalue weighted by atomic mass is 16.4. The Morgan fingerprint density at radius 2 is 1.63 bits per heavy atom. The van der Waals surface area contributed by atoms with Gasteiger partial charge in [-0.2, -0.15) is 0 Å². The van der Waals surface area contributed by atoms with E-state index in [1.165, 1.54) is 19.3 Å². The molecule has 0 unspecified atom stereocenters.